The van der Waals surface area contributed by atoms with Crippen LogP contribution in [-0.4, -0.2) is 27.5 Å². The Labute approximate surface area is 157 Å². The summed E-state index contributed by atoms with van der Waals surface area (Å²) in [6.07, 6.45) is 7.95. The quantitative estimate of drug-likeness (QED) is 0.621. The number of pyridine rings is 1. The van der Waals surface area contributed by atoms with E-state index in [9.17, 15) is 0 Å². The van der Waals surface area contributed by atoms with Crippen molar-refractivity contribution in [2.45, 2.75) is 52.5 Å². The van der Waals surface area contributed by atoms with Gasteiger partial charge in [-0.15, -0.1) is 0 Å². The van der Waals surface area contributed by atoms with E-state index < -0.39 is 0 Å². The Balaban J connectivity index is 0.000000487. The molecule has 0 aliphatic rings. The zero-order valence-corrected chi connectivity index (χ0v) is 16.2. The zero-order valence-electron chi connectivity index (χ0n) is 16.2. The van der Waals surface area contributed by atoms with Crippen LogP contribution in [0.2, 0.25) is 0 Å². The minimum atomic E-state index is 0.398. The second-order valence-corrected chi connectivity index (χ2v) is 6.23. The lowest BCUT2D eigenvalue weighted by atomic mass is 10.1. The maximum Gasteiger partial charge on any atom is 0.223 e. The fraction of sp³-hybridized carbons (Fsp3) is 0.450. The van der Waals surface area contributed by atoms with Crippen LogP contribution in [0.15, 0.2) is 37.2 Å². The first-order valence-corrected chi connectivity index (χ1v) is 9.22. The summed E-state index contributed by atoms with van der Waals surface area (Å²) >= 11 is 0. The molecule has 0 amide bonds. The van der Waals surface area contributed by atoms with Crippen molar-refractivity contribution in [3.63, 3.8) is 0 Å². The number of hydrogen-bond donors (Lipinski definition) is 3. The number of nitrogen functional groups attached to an aromatic ring is 1. The lowest BCUT2D eigenvalue weighted by Crippen LogP contribution is -2.13. The van der Waals surface area contributed by atoms with E-state index in [1.165, 1.54) is 6.42 Å². The molecule has 1 atom stereocenters. The van der Waals surface area contributed by atoms with Crippen molar-refractivity contribution in [1.29, 1.82) is 0 Å². The van der Waals surface area contributed by atoms with Crippen LogP contribution in [0.4, 0.5) is 11.8 Å². The summed E-state index contributed by atoms with van der Waals surface area (Å²) in [6, 6.07) is 5.94. The van der Waals surface area contributed by atoms with E-state index in [2.05, 4.69) is 40.7 Å². The molecule has 2 aromatic rings. The van der Waals surface area contributed by atoms with E-state index in [1.54, 1.807) is 12.4 Å². The van der Waals surface area contributed by atoms with Crippen LogP contribution >= 0.6 is 0 Å². The van der Waals surface area contributed by atoms with E-state index in [4.69, 9.17) is 11.5 Å². The third-order valence-electron chi connectivity index (χ3n) is 3.69. The molecule has 0 aliphatic heterocycles. The summed E-state index contributed by atoms with van der Waals surface area (Å²) < 4.78 is 0. The first-order chi connectivity index (χ1) is 12.5. The van der Waals surface area contributed by atoms with Gasteiger partial charge in [0, 0.05) is 36.1 Å². The third-order valence-corrected chi connectivity index (χ3v) is 3.69. The minimum absolute atomic E-state index is 0.398. The van der Waals surface area contributed by atoms with Gasteiger partial charge in [0.15, 0.2) is 0 Å². The lowest BCUT2D eigenvalue weighted by molar-refractivity contribution is 0.653. The van der Waals surface area contributed by atoms with Gasteiger partial charge in [0.25, 0.3) is 0 Å². The normalized spacial score (nSPS) is 11.2. The van der Waals surface area contributed by atoms with Gasteiger partial charge in [-0.2, -0.15) is 0 Å². The van der Waals surface area contributed by atoms with Crippen LogP contribution in [0.3, 0.4) is 0 Å². The van der Waals surface area contributed by atoms with Crippen molar-refractivity contribution in [1.82, 2.24) is 15.0 Å². The highest BCUT2D eigenvalue weighted by Crippen LogP contribution is 2.23. The highest BCUT2D eigenvalue weighted by molar-refractivity contribution is 5.81. The van der Waals surface area contributed by atoms with Crippen molar-refractivity contribution in [3.8, 4) is 0 Å². The number of nitrogens with zero attached hydrogens (tertiary/aromatic N) is 3. The molecule has 0 bridgehead atoms. The van der Waals surface area contributed by atoms with Crippen molar-refractivity contribution in [2.75, 3.05) is 17.6 Å². The number of aromatic nitrogens is 3. The smallest absolute Gasteiger partial charge is 0.223 e. The standard InChI is InChI=1S/C15H19N5.C5H13N/c1-3-4-8-18-15-19-10-7-13(20-15)11(2)12-6-5-9-17-14(12)16;1-3-4-5(2)6/h5-7,9-10H,2-4,8H2,1H3,(H2,16,17)(H,18,19,20);5H,3-4,6H2,1-2H3/t;5-/m.0/s1. The average molecular weight is 357 g/mol. The molecule has 0 aliphatic carbocycles. The van der Waals surface area contributed by atoms with Crippen LogP contribution in [-0.2, 0) is 0 Å². The second kappa shape index (κ2) is 12.0. The molecule has 0 fully saturated rings. The molecule has 5 N–H and O–H groups in total. The van der Waals surface area contributed by atoms with Gasteiger partial charge in [-0.25, -0.2) is 15.0 Å². The lowest BCUT2D eigenvalue weighted by Gasteiger charge is -2.09. The summed E-state index contributed by atoms with van der Waals surface area (Å²) in [4.78, 5) is 12.7. The van der Waals surface area contributed by atoms with E-state index in [-0.39, 0.29) is 0 Å². The van der Waals surface area contributed by atoms with Crippen molar-refractivity contribution in [2.24, 2.45) is 5.73 Å². The summed E-state index contributed by atoms with van der Waals surface area (Å²) in [6.45, 7) is 11.2. The van der Waals surface area contributed by atoms with Gasteiger partial charge in [-0.05, 0) is 38.0 Å². The second-order valence-electron chi connectivity index (χ2n) is 6.23. The van der Waals surface area contributed by atoms with Gasteiger partial charge in [0.2, 0.25) is 5.95 Å². The van der Waals surface area contributed by atoms with Gasteiger partial charge in [-0.3, -0.25) is 0 Å². The van der Waals surface area contributed by atoms with Crippen LogP contribution in [0, 0.1) is 0 Å². The Kier molecular flexibility index (Phi) is 9.94. The number of nitrogens with one attached hydrogen (secondary N) is 1. The minimum Gasteiger partial charge on any atom is -0.383 e. The van der Waals surface area contributed by atoms with Crippen LogP contribution in [0.5, 0.6) is 0 Å². The maximum absolute atomic E-state index is 5.86. The molecule has 2 heterocycles. The first kappa shape index (κ1) is 21.6. The molecule has 26 heavy (non-hydrogen) atoms. The largest absolute Gasteiger partial charge is 0.383 e. The highest BCUT2D eigenvalue weighted by Gasteiger charge is 2.09. The van der Waals surface area contributed by atoms with Crippen molar-refractivity contribution in [3.05, 3.63) is 48.4 Å². The Morgan fingerprint density at radius 1 is 1.19 bits per heavy atom. The predicted molar refractivity (Wildman–Crippen MR) is 111 cm³/mol. The van der Waals surface area contributed by atoms with Gasteiger partial charge < -0.3 is 16.8 Å². The summed E-state index contributed by atoms with van der Waals surface area (Å²) in [7, 11) is 0. The zero-order chi connectivity index (χ0) is 19.4. The SMILES string of the molecule is C=C(c1ccnc(NCCCC)n1)c1cccnc1N.CCC[C@H](C)N. The van der Waals surface area contributed by atoms with E-state index in [0.29, 0.717) is 17.8 Å². The topological polar surface area (TPSA) is 103 Å². The van der Waals surface area contributed by atoms with Gasteiger partial charge in [0.05, 0.1) is 5.69 Å². The van der Waals surface area contributed by atoms with E-state index in [0.717, 1.165) is 42.6 Å². The van der Waals surface area contributed by atoms with Crippen molar-refractivity contribution < 1.29 is 0 Å². The molecule has 2 aromatic heterocycles. The average Bonchev–Trinajstić information content (AvgIpc) is 2.62. The molecule has 0 unspecified atom stereocenters. The monoisotopic (exact) mass is 356 g/mol. The molecule has 142 valence electrons. The number of anilines is 2. The first-order valence-electron chi connectivity index (χ1n) is 9.22. The summed E-state index contributed by atoms with van der Waals surface area (Å²) in [5.41, 5.74) is 13.6. The fourth-order valence-electron chi connectivity index (χ4n) is 2.25. The summed E-state index contributed by atoms with van der Waals surface area (Å²) in [5, 5.41) is 3.20. The molecule has 2 rings (SSSR count). The highest BCUT2D eigenvalue weighted by atomic mass is 15.1. The number of unbranched alkanes of at least 4 members (excludes halogenated alkanes) is 1. The molecule has 0 saturated heterocycles. The van der Waals surface area contributed by atoms with Crippen LogP contribution in [0.25, 0.3) is 5.57 Å². The molecule has 6 heteroatoms. The molecule has 6 nitrogen and oxygen atoms in total. The molecular weight excluding hydrogens is 324 g/mol. The van der Waals surface area contributed by atoms with Crippen LogP contribution < -0.4 is 16.8 Å². The van der Waals surface area contributed by atoms with Gasteiger partial charge in [0.1, 0.15) is 5.82 Å². The fourth-order valence-corrected chi connectivity index (χ4v) is 2.25. The van der Waals surface area contributed by atoms with Crippen LogP contribution in [0.1, 0.15) is 57.7 Å². The Bertz CT molecular complexity index is 669. The number of nitrogens with two attached hydrogens (primary N) is 2. The number of hydrogen-bond acceptors (Lipinski definition) is 6. The molecule has 0 saturated carbocycles. The maximum atomic E-state index is 5.86. The van der Waals surface area contributed by atoms with E-state index in [1.807, 2.05) is 25.1 Å². The van der Waals surface area contributed by atoms with Gasteiger partial charge >= 0.3 is 0 Å². The molecule has 0 aromatic carbocycles. The van der Waals surface area contributed by atoms with Crippen molar-refractivity contribution >= 4 is 17.3 Å². The summed E-state index contributed by atoms with van der Waals surface area (Å²) in [5.74, 6) is 1.07. The molecular formula is C20H32N6. The Morgan fingerprint density at radius 2 is 1.96 bits per heavy atom. The molecule has 0 radical (unpaired) electrons. The predicted octanol–water partition coefficient (Wildman–Crippen LogP) is 3.86. The van der Waals surface area contributed by atoms with E-state index >= 15 is 0 Å². The Morgan fingerprint density at radius 3 is 2.54 bits per heavy atom. The third kappa shape index (κ3) is 7.61. The Hall–Kier alpha value is -2.47. The van der Waals surface area contributed by atoms with Gasteiger partial charge in [-0.1, -0.05) is 33.3 Å². The number of rotatable bonds is 8. The molecule has 0 spiro atoms.